The van der Waals surface area contributed by atoms with E-state index in [0.717, 1.165) is 17.6 Å². The van der Waals surface area contributed by atoms with Crippen LogP contribution >= 0.6 is 0 Å². The van der Waals surface area contributed by atoms with Gasteiger partial charge in [-0.25, -0.2) is 4.98 Å². The van der Waals surface area contributed by atoms with Crippen molar-refractivity contribution < 1.29 is 17.7 Å². The standard InChI is InChI=1S/C13H9F3N2OS/c14-13(15,16)10-4-3-8-17-11(10)6-9-20(19)12-5-1-2-7-18-12/h1-9H/b9-6+. The molecular weight excluding hydrogens is 289 g/mol. The number of halogens is 3. The van der Waals surface area contributed by atoms with Crippen molar-refractivity contribution in [2.24, 2.45) is 0 Å². The quantitative estimate of drug-likeness (QED) is 0.817. The molecule has 104 valence electrons. The molecule has 0 aromatic carbocycles. The number of hydrogen-bond donors (Lipinski definition) is 0. The fourth-order valence-electron chi connectivity index (χ4n) is 1.45. The van der Waals surface area contributed by atoms with Crippen LogP contribution in [-0.4, -0.2) is 14.5 Å². The van der Waals surface area contributed by atoms with Crippen LogP contribution in [0.2, 0.25) is 0 Å². The maximum absolute atomic E-state index is 12.7. The van der Waals surface area contributed by atoms with Crippen LogP contribution in [0.25, 0.3) is 6.08 Å². The van der Waals surface area contributed by atoms with Gasteiger partial charge in [-0.05, 0) is 18.2 Å². The summed E-state index contributed by atoms with van der Waals surface area (Å²) in [6.45, 7) is 0. The van der Waals surface area contributed by atoms with Crippen molar-refractivity contribution in [3.63, 3.8) is 0 Å². The highest BCUT2D eigenvalue weighted by Crippen LogP contribution is 2.31. The number of alkyl halides is 3. The summed E-state index contributed by atoms with van der Waals surface area (Å²) in [4.78, 5) is 7.52. The highest BCUT2D eigenvalue weighted by molar-refractivity contribution is 7.94. The molecule has 2 rings (SSSR count). The first-order valence-electron chi connectivity index (χ1n) is 5.50. The molecule has 2 heterocycles. The second-order valence-corrected chi connectivity index (χ2v) is 4.99. The van der Waals surface area contributed by atoms with E-state index in [2.05, 4.69) is 9.97 Å². The van der Waals surface area contributed by atoms with Gasteiger partial charge in [-0.15, -0.1) is 0 Å². The van der Waals surface area contributed by atoms with Crippen molar-refractivity contribution in [3.8, 4) is 0 Å². The van der Waals surface area contributed by atoms with Gasteiger partial charge in [0.1, 0.15) is 5.41 Å². The first-order valence-corrected chi connectivity index (χ1v) is 6.72. The minimum absolute atomic E-state index is 0.272. The molecule has 0 aliphatic heterocycles. The summed E-state index contributed by atoms with van der Waals surface area (Å²) in [7, 11) is 0. The zero-order valence-electron chi connectivity index (χ0n) is 10.0. The summed E-state index contributed by atoms with van der Waals surface area (Å²) in [6, 6.07) is 6.97. The van der Waals surface area contributed by atoms with Gasteiger partial charge in [0.25, 0.3) is 0 Å². The molecule has 1 unspecified atom stereocenters. The maximum Gasteiger partial charge on any atom is 0.418 e. The SMILES string of the molecule is [O-][S+](/C=C/c1ncccc1C(F)(F)F)c1ccccn1. The van der Waals surface area contributed by atoms with E-state index in [1.165, 1.54) is 24.5 Å². The zero-order valence-corrected chi connectivity index (χ0v) is 10.9. The molecule has 0 fully saturated rings. The highest BCUT2D eigenvalue weighted by Gasteiger charge is 2.33. The monoisotopic (exact) mass is 298 g/mol. The number of aromatic nitrogens is 2. The van der Waals surface area contributed by atoms with Gasteiger partial charge in [-0.3, -0.25) is 4.98 Å². The number of rotatable bonds is 3. The molecule has 0 saturated heterocycles. The Morgan fingerprint density at radius 1 is 1.05 bits per heavy atom. The van der Waals surface area contributed by atoms with Gasteiger partial charge in [-0.1, -0.05) is 6.07 Å². The van der Waals surface area contributed by atoms with Crippen molar-refractivity contribution in [1.29, 1.82) is 0 Å². The Hall–Kier alpha value is -1.86. The second kappa shape index (κ2) is 6.06. The van der Waals surface area contributed by atoms with E-state index in [9.17, 15) is 17.7 Å². The van der Waals surface area contributed by atoms with Crippen molar-refractivity contribution >= 4 is 17.3 Å². The Morgan fingerprint density at radius 3 is 2.45 bits per heavy atom. The van der Waals surface area contributed by atoms with Crippen molar-refractivity contribution in [3.05, 3.63) is 59.4 Å². The lowest BCUT2D eigenvalue weighted by Crippen LogP contribution is -2.08. The summed E-state index contributed by atoms with van der Waals surface area (Å²) < 4.78 is 50.0. The number of nitrogens with zero attached hydrogens (tertiary/aromatic N) is 2. The molecule has 3 nitrogen and oxygen atoms in total. The van der Waals surface area contributed by atoms with Crippen LogP contribution in [0.4, 0.5) is 13.2 Å². The summed E-state index contributed by atoms with van der Waals surface area (Å²) >= 11 is -1.62. The van der Waals surface area contributed by atoms with E-state index >= 15 is 0 Å². The predicted octanol–water partition coefficient (Wildman–Crippen LogP) is 3.27. The van der Waals surface area contributed by atoms with E-state index in [4.69, 9.17) is 0 Å². The van der Waals surface area contributed by atoms with E-state index < -0.39 is 22.9 Å². The fraction of sp³-hybridized carbons (Fsp3) is 0.0769. The van der Waals surface area contributed by atoms with Gasteiger partial charge in [0.05, 0.1) is 11.3 Å². The Labute approximate surface area is 116 Å². The van der Waals surface area contributed by atoms with Gasteiger partial charge in [-0.2, -0.15) is 13.2 Å². The van der Waals surface area contributed by atoms with Crippen LogP contribution in [0.15, 0.2) is 53.2 Å². The van der Waals surface area contributed by atoms with Gasteiger partial charge in [0.15, 0.2) is 0 Å². The van der Waals surface area contributed by atoms with E-state index in [0.29, 0.717) is 0 Å². The largest absolute Gasteiger partial charge is 0.606 e. The van der Waals surface area contributed by atoms with E-state index in [-0.39, 0.29) is 10.7 Å². The topological polar surface area (TPSA) is 48.8 Å². The molecule has 0 N–H and O–H groups in total. The number of pyridine rings is 2. The first-order chi connectivity index (χ1) is 9.48. The predicted molar refractivity (Wildman–Crippen MR) is 68.9 cm³/mol. The molecule has 0 aliphatic rings. The molecule has 20 heavy (non-hydrogen) atoms. The van der Waals surface area contributed by atoms with Gasteiger partial charge in [0.2, 0.25) is 5.03 Å². The average Bonchev–Trinajstić information content (AvgIpc) is 2.45. The molecular formula is C13H9F3N2OS. The van der Waals surface area contributed by atoms with Crippen LogP contribution in [0.1, 0.15) is 11.3 Å². The third kappa shape index (κ3) is 3.58. The van der Waals surface area contributed by atoms with Gasteiger partial charge in [0, 0.05) is 35.7 Å². The lowest BCUT2D eigenvalue weighted by Gasteiger charge is -2.08. The van der Waals surface area contributed by atoms with E-state index in [1.54, 1.807) is 12.1 Å². The third-order valence-electron chi connectivity index (χ3n) is 2.34. The summed E-state index contributed by atoms with van der Waals surface area (Å²) in [6.07, 6.45) is -0.699. The lowest BCUT2D eigenvalue weighted by atomic mass is 10.2. The molecule has 0 saturated carbocycles. The Kier molecular flexibility index (Phi) is 4.41. The Morgan fingerprint density at radius 2 is 1.80 bits per heavy atom. The second-order valence-electron chi connectivity index (χ2n) is 3.70. The van der Waals surface area contributed by atoms with Gasteiger partial charge >= 0.3 is 6.18 Å². The average molecular weight is 298 g/mol. The Bertz CT molecular complexity index is 602. The third-order valence-corrected chi connectivity index (χ3v) is 3.37. The van der Waals surface area contributed by atoms with Crippen LogP contribution < -0.4 is 0 Å². The summed E-state index contributed by atoms with van der Waals surface area (Å²) in [5.41, 5.74) is -1.14. The molecule has 0 spiro atoms. The molecule has 1 atom stereocenters. The van der Waals surface area contributed by atoms with Crippen LogP contribution in [0.5, 0.6) is 0 Å². The maximum atomic E-state index is 12.7. The first kappa shape index (κ1) is 14.5. The minimum Gasteiger partial charge on any atom is -0.606 e. The van der Waals surface area contributed by atoms with Crippen molar-refractivity contribution in [2.75, 3.05) is 0 Å². The van der Waals surface area contributed by atoms with Crippen LogP contribution in [-0.2, 0) is 17.4 Å². The van der Waals surface area contributed by atoms with Gasteiger partial charge < -0.3 is 4.55 Å². The molecule has 7 heteroatoms. The van der Waals surface area contributed by atoms with E-state index in [1.807, 2.05) is 0 Å². The molecule has 0 amide bonds. The normalized spacial score (nSPS) is 13.6. The Balaban J connectivity index is 2.24. The molecule has 2 aromatic heterocycles. The summed E-state index contributed by atoms with van der Waals surface area (Å²) in [5.74, 6) is 0. The molecule has 0 bridgehead atoms. The highest BCUT2D eigenvalue weighted by atomic mass is 32.2. The number of hydrogen-bond acceptors (Lipinski definition) is 3. The minimum atomic E-state index is -4.50. The molecule has 0 radical (unpaired) electrons. The van der Waals surface area contributed by atoms with Crippen molar-refractivity contribution in [2.45, 2.75) is 11.2 Å². The van der Waals surface area contributed by atoms with Crippen LogP contribution in [0, 0.1) is 0 Å². The fourth-order valence-corrected chi connectivity index (χ4v) is 2.22. The van der Waals surface area contributed by atoms with Crippen molar-refractivity contribution in [1.82, 2.24) is 9.97 Å². The molecule has 0 aliphatic carbocycles. The lowest BCUT2D eigenvalue weighted by molar-refractivity contribution is -0.138. The zero-order chi connectivity index (χ0) is 14.6. The smallest absolute Gasteiger partial charge is 0.418 e. The summed E-state index contributed by atoms with van der Waals surface area (Å²) in [5, 5.41) is 1.41. The molecule has 2 aromatic rings. The van der Waals surface area contributed by atoms with Crippen LogP contribution in [0.3, 0.4) is 0 Å².